The summed E-state index contributed by atoms with van der Waals surface area (Å²) in [5, 5.41) is 0. The minimum Gasteiger partial charge on any atom is -0.741 e. The molecule has 0 radical (unpaired) electrons. The average molecular weight is 1140 g/mol. The zero-order chi connectivity index (χ0) is 57.5. The zero-order valence-electron chi connectivity index (χ0n) is 41.5. The molecular weight excluding hydrogens is 1090 g/mol. The van der Waals surface area contributed by atoms with E-state index in [0.29, 0.717) is 11.4 Å². The number of hydrogen-bond donors (Lipinski definition) is 0. The molecule has 78 heavy (non-hydrogen) atoms. The SMILES string of the molecule is Cc1cc(/C=C/c2cccc3[n+]2CCCc2ccc4c(c2-3)-c2cccc(/C=C/c3cc(C)n(-c5cccc(C(F)(F)F)c5)c3C)[n+]2CCC4)c(C)n1-c1cccc(C(F)(F)F)c1.O=S(=O)([O-])C(F)(F)F.O=S(=O)([O-])C(F)(F)F. The van der Waals surface area contributed by atoms with Gasteiger partial charge in [-0.2, -0.15) is 61.8 Å². The smallest absolute Gasteiger partial charge is 0.485 e. The van der Waals surface area contributed by atoms with Crippen LogP contribution in [0.4, 0.5) is 52.7 Å². The van der Waals surface area contributed by atoms with Crippen LogP contribution in [0.1, 0.15) is 80.4 Å². The van der Waals surface area contributed by atoms with E-state index in [9.17, 15) is 52.7 Å². The Labute approximate surface area is 440 Å². The first-order valence-electron chi connectivity index (χ1n) is 23.5. The predicted molar refractivity (Wildman–Crippen MR) is 264 cm³/mol. The summed E-state index contributed by atoms with van der Waals surface area (Å²) in [6.07, 6.45) is 3.26. The van der Waals surface area contributed by atoms with Gasteiger partial charge in [-0.25, -0.2) is 16.8 Å². The van der Waals surface area contributed by atoms with Gasteiger partial charge in [-0.1, -0.05) is 24.3 Å². The van der Waals surface area contributed by atoms with Gasteiger partial charge in [-0.3, -0.25) is 0 Å². The summed E-state index contributed by atoms with van der Waals surface area (Å²) in [5.41, 5.74) is 3.04. The summed E-state index contributed by atoms with van der Waals surface area (Å²) < 4.78 is 208. The van der Waals surface area contributed by atoms with Gasteiger partial charge < -0.3 is 18.2 Å². The highest BCUT2D eigenvalue weighted by molar-refractivity contribution is 7.86. The minimum atomic E-state index is -6.09. The van der Waals surface area contributed by atoms with Gasteiger partial charge in [0.15, 0.2) is 20.2 Å². The molecule has 9 rings (SSSR count). The number of rotatable bonds is 6. The molecule has 0 atom stereocenters. The third kappa shape index (κ3) is 12.8. The monoisotopic (exact) mass is 1140 g/mol. The van der Waals surface area contributed by atoms with Gasteiger partial charge in [-0.15, -0.1) is 0 Å². The maximum Gasteiger partial charge on any atom is 0.485 e. The van der Waals surface area contributed by atoms with Crippen molar-refractivity contribution >= 4 is 44.5 Å². The van der Waals surface area contributed by atoms with Crippen LogP contribution in [0.15, 0.2) is 109 Å². The van der Waals surface area contributed by atoms with E-state index in [-0.39, 0.29) is 0 Å². The summed E-state index contributed by atoms with van der Waals surface area (Å²) in [6.45, 7) is 9.35. The van der Waals surface area contributed by atoms with Gasteiger partial charge in [0.25, 0.3) is 0 Å². The van der Waals surface area contributed by atoms with Gasteiger partial charge in [0.05, 0.1) is 22.3 Å². The molecule has 24 heteroatoms. The van der Waals surface area contributed by atoms with Crippen LogP contribution in [-0.4, -0.2) is 46.1 Å². The van der Waals surface area contributed by atoms with Crippen LogP contribution in [0.2, 0.25) is 0 Å². The van der Waals surface area contributed by atoms with Gasteiger partial charge in [0, 0.05) is 83.4 Å². The summed E-state index contributed by atoms with van der Waals surface area (Å²) in [6, 6.07) is 32.4. The number of fused-ring (bicyclic) bond motifs is 7. The molecule has 0 spiro atoms. The Balaban J connectivity index is 0.000000480. The lowest BCUT2D eigenvalue weighted by atomic mass is 9.88. The number of halogens is 12. The van der Waals surface area contributed by atoms with Crippen molar-refractivity contribution in [1.82, 2.24) is 9.13 Å². The number of benzene rings is 3. The Morgan fingerprint density at radius 2 is 0.808 bits per heavy atom. The van der Waals surface area contributed by atoms with E-state index in [2.05, 4.69) is 82.0 Å². The van der Waals surface area contributed by atoms with Gasteiger partial charge in [-0.05, 0) is 136 Å². The van der Waals surface area contributed by atoms with E-state index in [0.717, 1.165) is 108 Å². The molecule has 6 heterocycles. The first kappa shape index (κ1) is 58.7. The molecule has 0 aliphatic carbocycles. The Hall–Kier alpha value is -7.02. The second-order valence-electron chi connectivity index (χ2n) is 18.2. The second kappa shape index (κ2) is 22.0. The van der Waals surface area contributed by atoms with Crippen LogP contribution in [0.3, 0.4) is 0 Å². The quantitative estimate of drug-likeness (QED) is 0.0705. The Kier molecular flexibility index (Phi) is 16.6. The van der Waals surface area contributed by atoms with E-state index in [1.165, 1.54) is 46.5 Å². The number of aryl methyl sites for hydroxylation is 4. The fourth-order valence-electron chi connectivity index (χ4n) is 9.59. The Morgan fingerprint density at radius 3 is 1.13 bits per heavy atom. The van der Waals surface area contributed by atoms with Crippen molar-refractivity contribution in [3.63, 3.8) is 0 Å². The van der Waals surface area contributed by atoms with E-state index >= 15 is 0 Å². The van der Waals surface area contributed by atoms with E-state index in [4.69, 9.17) is 25.9 Å². The average Bonchev–Trinajstić information content (AvgIpc) is 3.70. The number of hydrogen-bond acceptors (Lipinski definition) is 6. The van der Waals surface area contributed by atoms with Crippen molar-refractivity contribution in [3.8, 4) is 33.9 Å². The molecule has 3 aromatic carbocycles. The van der Waals surface area contributed by atoms with Gasteiger partial charge >= 0.3 is 23.4 Å². The third-order valence-corrected chi connectivity index (χ3v) is 14.2. The fourth-order valence-corrected chi connectivity index (χ4v) is 9.59. The molecule has 0 saturated heterocycles. The number of aromatic nitrogens is 4. The normalized spacial score (nSPS) is 14.1. The van der Waals surface area contributed by atoms with Crippen molar-refractivity contribution in [3.05, 3.63) is 177 Å². The number of alkyl halides is 12. The fraction of sp³-hybridized carbons (Fsp3) is 0.259. The first-order valence-corrected chi connectivity index (χ1v) is 26.3. The first-order chi connectivity index (χ1) is 36.2. The number of nitrogens with zero attached hydrogens (tertiary/aromatic N) is 4. The zero-order valence-corrected chi connectivity index (χ0v) is 43.2. The highest BCUT2D eigenvalue weighted by Crippen LogP contribution is 2.40. The molecule has 2 aliphatic heterocycles. The minimum absolute atomic E-state index is 0.477. The largest absolute Gasteiger partial charge is 0.741 e. The van der Waals surface area contributed by atoms with Crippen LogP contribution in [-0.2, 0) is 58.5 Å². The lowest BCUT2D eigenvalue weighted by Gasteiger charge is -2.14. The van der Waals surface area contributed by atoms with Crippen LogP contribution < -0.4 is 9.13 Å². The molecule has 0 amide bonds. The molecule has 0 bridgehead atoms. The van der Waals surface area contributed by atoms with E-state index in [1.54, 1.807) is 12.1 Å². The Bertz CT molecular complexity index is 3460. The van der Waals surface area contributed by atoms with Crippen molar-refractivity contribution in [1.29, 1.82) is 0 Å². The van der Waals surface area contributed by atoms with Gasteiger partial charge in [0.2, 0.25) is 22.8 Å². The molecular formula is C54H46F12N4O6S2. The third-order valence-electron chi connectivity index (χ3n) is 13.0. The highest BCUT2D eigenvalue weighted by atomic mass is 32.2. The lowest BCUT2D eigenvalue weighted by molar-refractivity contribution is -0.689. The standard InChI is InChI=1S/C52H46F6N4.2CHF3O3S/c1-33-29-39(35(3)61(33)45-17-5-13-41(31-45)51(53,54)55)23-25-43-15-7-19-47-49-37(11-9-27-59(43)47)21-22-38-12-10-28-60-44(16-8-20-48(60)50(38)49)26-24-40-30-34(2)62(36(40)4)46-18-6-14-42(32-46)52(56,57)58;2*2-1(3,4)8(5,6)7/h5-8,13-26,29-32H,9-12,27-28H2,1-4H3;2*(H,5,6,7)/q+2;;/p-2. The van der Waals surface area contributed by atoms with Crippen LogP contribution >= 0.6 is 0 Å². The summed E-state index contributed by atoms with van der Waals surface area (Å²) in [7, 11) is -12.2. The molecule has 4 aromatic heterocycles. The summed E-state index contributed by atoms with van der Waals surface area (Å²) >= 11 is 0. The maximum atomic E-state index is 13.6. The van der Waals surface area contributed by atoms with Crippen molar-refractivity contribution in [2.45, 2.75) is 89.8 Å². The van der Waals surface area contributed by atoms with Crippen molar-refractivity contribution < 1.29 is 87.8 Å². The van der Waals surface area contributed by atoms with Crippen molar-refractivity contribution in [2.75, 3.05) is 0 Å². The molecule has 0 unspecified atom stereocenters. The molecule has 10 nitrogen and oxygen atoms in total. The highest BCUT2D eigenvalue weighted by Gasteiger charge is 2.38. The lowest BCUT2D eigenvalue weighted by Crippen LogP contribution is -2.40. The molecule has 414 valence electrons. The van der Waals surface area contributed by atoms with E-state index in [1.807, 2.05) is 49.0 Å². The predicted octanol–water partition coefficient (Wildman–Crippen LogP) is 12.8. The van der Waals surface area contributed by atoms with Gasteiger partial charge in [0.1, 0.15) is 13.1 Å². The maximum absolute atomic E-state index is 13.6. The number of pyridine rings is 2. The molecule has 0 N–H and O–H groups in total. The topological polar surface area (TPSA) is 132 Å². The Morgan fingerprint density at radius 1 is 0.474 bits per heavy atom. The van der Waals surface area contributed by atoms with Crippen molar-refractivity contribution in [2.24, 2.45) is 0 Å². The molecule has 7 aromatic rings. The van der Waals surface area contributed by atoms with Crippen LogP contribution in [0.25, 0.3) is 58.2 Å². The van der Waals surface area contributed by atoms with Crippen LogP contribution in [0, 0.1) is 27.7 Å². The molecule has 2 aliphatic rings. The second-order valence-corrected chi connectivity index (χ2v) is 20.9. The summed E-state index contributed by atoms with van der Waals surface area (Å²) in [4.78, 5) is 0. The van der Waals surface area contributed by atoms with E-state index < -0.39 is 54.7 Å². The molecule has 0 saturated carbocycles. The molecule has 0 fully saturated rings. The van der Waals surface area contributed by atoms with Crippen LogP contribution in [0.5, 0.6) is 0 Å². The summed E-state index contributed by atoms with van der Waals surface area (Å²) in [5.74, 6) is 0.